The second kappa shape index (κ2) is 3.93. The van der Waals surface area contributed by atoms with E-state index < -0.39 is 33.2 Å². The average molecular weight is 290 g/mol. The van der Waals surface area contributed by atoms with Crippen molar-refractivity contribution < 1.29 is 26.9 Å². The van der Waals surface area contributed by atoms with Crippen molar-refractivity contribution in [2.45, 2.75) is 62.8 Å². The molecule has 0 spiro atoms. The highest BCUT2D eigenvalue weighted by Crippen LogP contribution is 2.54. The lowest BCUT2D eigenvalue weighted by Gasteiger charge is -2.31. The molecule has 6 nitrogen and oxygen atoms in total. The second-order valence-corrected chi connectivity index (χ2v) is 7.55. The minimum atomic E-state index is -3.60. The first-order chi connectivity index (χ1) is 8.79. The van der Waals surface area contributed by atoms with Crippen molar-refractivity contribution in [2.24, 2.45) is 5.92 Å². The minimum Gasteiger partial charge on any atom is -0.456 e. The van der Waals surface area contributed by atoms with Crippen molar-refractivity contribution in [3.8, 4) is 0 Å². The molecule has 0 aliphatic carbocycles. The van der Waals surface area contributed by atoms with Gasteiger partial charge in [-0.25, -0.2) is 0 Å². The SMILES string of the molecule is CCC(C)C(=O)OC1C2CC3C(O2)C1(C)OS3(=O)=O. The molecule has 0 aromatic rings. The Bertz CT molecular complexity index is 514. The van der Waals surface area contributed by atoms with E-state index in [-0.39, 0.29) is 18.0 Å². The molecule has 0 aromatic carbocycles. The lowest BCUT2D eigenvalue weighted by molar-refractivity contribution is -0.164. The number of ether oxygens (including phenoxy) is 2. The first-order valence-corrected chi connectivity index (χ1v) is 8.07. The third kappa shape index (κ3) is 1.68. The number of rotatable bonds is 3. The van der Waals surface area contributed by atoms with Crippen LogP contribution in [0.15, 0.2) is 0 Å². The Morgan fingerprint density at radius 1 is 1.53 bits per heavy atom. The van der Waals surface area contributed by atoms with Gasteiger partial charge < -0.3 is 9.47 Å². The normalized spacial score (nSPS) is 47.3. The molecule has 2 bridgehead atoms. The molecule has 0 radical (unpaired) electrons. The molecule has 7 heteroatoms. The van der Waals surface area contributed by atoms with Gasteiger partial charge in [0, 0.05) is 0 Å². The summed E-state index contributed by atoms with van der Waals surface area (Å²) >= 11 is 0. The molecule has 6 unspecified atom stereocenters. The predicted molar refractivity (Wildman–Crippen MR) is 64.8 cm³/mol. The van der Waals surface area contributed by atoms with Crippen LogP contribution in [0.3, 0.4) is 0 Å². The highest BCUT2D eigenvalue weighted by Gasteiger charge is 2.73. The Hall–Kier alpha value is -0.660. The van der Waals surface area contributed by atoms with Gasteiger partial charge in [-0.1, -0.05) is 13.8 Å². The van der Waals surface area contributed by atoms with Crippen molar-refractivity contribution in [3.63, 3.8) is 0 Å². The summed E-state index contributed by atoms with van der Waals surface area (Å²) in [6.45, 7) is 5.34. The largest absolute Gasteiger partial charge is 0.456 e. The molecule has 3 rings (SSSR count). The Morgan fingerprint density at radius 2 is 2.21 bits per heavy atom. The van der Waals surface area contributed by atoms with Crippen LogP contribution in [0.1, 0.15) is 33.6 Å². The van der Waals surface area contributed by atoms with Crippen LogP contribution in [0.25, 0.3) is 0 Å². The first-order valence-electron chi connectivity index (χ1n) is 6.60. The van der Waals surface area contributed by atoms with E-state index in [2.05, 4.69) is 0 Å². The van der Waals surface area contributed by atoms with Gasteiger partial charge in [-0.2, -0.15) is 8.42 Å². The second-order valence-electron chi connectivity index (χ2n) is 5.80. The number of hydrogen-bond acceptors (Lipinski definition) is 6. The quantitative estimate of drug-likeness (QED) is 0.559. The van der Waals surface area contributed by atoms with Crippen LogP contribution in [-0.2, 0) is 28.6 Å². The van der Waals surface area contributed by atoms with Crippen molar-refractivity contribution in [1.29, 1.82) is 0 Å². The van der Waals surface area contributed by atoms with E-state index in [1.54, 1.807) is 13.8 Å². The fourth-order valence-corrected chi connectivity index (χ4v) is 5.07. The van der Waals surface area contributed by atoms with Crippen molar-refractivity contribution in [2.75, 3.05) is 0 Å². The summed E-state index contributed by atoms with van der Waals surface area (Å²) in [4.78, 5) is 11.9. The summed E-state index contributed by atoms with van der Waals surface area (Å²) in [5.41, 5.74) is -1.06. The Kier molecular flexibility index (Phi) is 2.75. The Labute approximate surface area is 112 Å². The summed E-state index contributed by atoms with van der Waals surface area (Å²) < 4.78 is 40.1. The fraction of sp³-hybridized carbons (Fsp3) is 0.917. The summed E-state index contributed by atoms with van der Waals surface area (Å²) in [5, 5.41) is -0.610. The van der Waals surface area contributed by atoms with E-state index in [0.29, 0.717) is 12.8 Å². The van der Waals surface area contributed by atoms with Crippen molar-refractivity contribution in [1.82, 2.24) is 0 Å². The standard InChI is InChI=1S/C12H18O6S/c1-4-6(2)11(13)17-9-7-5-8-10(16-7)12(9,3)18-19(8,14)15/h6-10H,4-5H2,1-3H3. The van der Waals surface area contributed by atoms with Crippen molar-refractivity contribution in [3.05, 3.63) is 0 Å². The van der Waals surface area contributed by atoms with Gasteiger partial charge in [0.2, 0.25) is 0 Å². The zero-order valence-electron chi connectivity index (χ0n) is 11.2. The number of fused-ring (bicyclic) bond motifs is 1. The topological polar surface area (TPSA) is 78.9 Å². The summed E-state index contributed by atoms with van der Waals surface area (Å²) in [5.74, 6) is -0.536. The molecular weight excluding hydrogens is 272 g/mol. The molecule has 0 N–H and O–H groups in total. The van der Waals surface area contributed by atoms with Crippen LogP contribution >= 0.6 is 0 Å². The molecule has 0 aromatic heterocycles. The van der Waals surface area contributed by atoms with Gasteiger partial charge in [-0.15, -0.1) is 0 Å². The van der Waals surface area contributed by atoms with Gasteiger partial charge >= 0.3 is 5.97 Å². The highest BCUT2D eigenvalue weighted by molar-refractivity contribution is 7.87. The molecule has 3 saturated heterocycles. The maximum atomic E-state index is 11.9. The molecule has 6 atom stereocenters. The van der Waals surface area contributed by atoms with E-state index in [4.69, 9.17) is 13.7 Å². The third-order valence-corrected chi connectivity index (χ3v) is 6.29. The molecule has 3 heterocycles. The van der Waals surface area contributed by atoms with E-state index in [0.717, 1.165) is 0 Å². The predicted octanol–water partition coefficient (Wildman–Crippen LogP) is 0.603. The number of hydrogen-bond donors (Lipinski definition) is 0. The molecule has 0 saturated carbocycles. The Morgan fingerprint density at radius 3 is 2.84 bits per heavy atom. The summed E-state index contributed by atoms with van der Waals surface area (Å²) in [6, 6.07) is 0. The molecule has 19 heavy (non-hydrogen) atoms. The van der Waals surface area contributed by atoms with Gasteiger partial charge in [0.05, 0.1) is 12.0 Å². The van der Waals surface area contributed by atoms with Gasteiger partial charge in [-0.3, -0.25) is 8.98 Å². The lowest BCUT2D eigenvalue weighted by Crippen LogP contribution is -2.51. The molecular formula is C12H18O6S. The molecule has 108 valence electrons. The third-order valence-electron chi connectivity index (χ3n) is 4.52. The minimum absolute atomic E-state index is 0.212. The molecule has 3 aliphatic rings. The lowest BCUT2D eigenvalue weighted by atomic mass is 9.83. The number of esters is 1. The van der Waals surface area contributed by atoms with E-state index in [1.807, 2.05) is 6.92 Å². The van der Waals surface area contributed by atoms with E-state index in [1.165, 1.54) is 0 Å². The maximum Gasteiger partial charge on any atom is 0.309 e. The van der Waals surface area contributed by atoms with Gasteiger partial charge in [0.15, 0.2) is 11.7 Å². The molecule has 3 fully saturated rings. The average Bonchev–Trinajstić information content (AvgIpc) is 2.90. The van der Waals surface area contributed by atoms with Crippen LogP contribution in [0, 0.1) is 5.92 Å². The zero-order chi connectivity index (χ0) is 14.0. The van der Waals surface area contributed by atoms with Crippen LogP contribution in [-0.4, -0.2) is 43.5 Å². The maximum absolute atomic E-state index is 11.9. The van der Waals surface area contributed by atoms with E-state index >= 15 is 0 Å². The first kappa shape index (κ1) is 13.3. The smallest absolute Gasteiger partial charge is 0.309 e. The highest BCUT2D eigenvalue weighted by atomic mass is 32.2. The van der Waals surface area contributed by atoms with Crippen LogP contribution in [0.2, 0.25) is 0 Å². The Balaban J connectivity index is 1.85. The van der Waals surface area contributed by atoms with Crippen LogP contribution < -0.4 is 0 Å². The molecule has 3 aliphatic heterocycles. The van der Waals surface area contributed by atoms with Gasteiger partial charge in [0.1, 0.15) is 11.4 Å². The van der Waals surface area contributed by atoms with Gasteiger partial charge in [-0.05, 0) is 19.8 Å². The molecule has 0 amide bonds. The van der Waals surface area contributed by atoms with Crippen LogP contribution in [0.5, 0.6) is 0 Å². The fourth-order valence-electron chi connectivity index (χ4n) is 3.19. The number of carbonyl (C=O) groups excluding carboxylic acids is 1. The number of carbonyl (C=O) groups is 1. The van der Waals surface area contributed by atoms with Crippen LogP contribution in [0.4, 0.5) is 0 Å². The summed E-state index contributed by atoms with van der Waals surface area (Å²) in [7, 11) is -3.60. The van der Waals surface area contributed by atoms with E-state index in [9.17, 15) is 13.2 Å². The monoisotopic (exact) mass is 290 g/mol. The summed E-state index contributed by atoms with van der Waals surface area (Å²) in [6.07, 6.45) is -0.491. The zero-order valence-corrected chi connectivity index (χ0v) is 12.0. The van der Waals surface area contributed by atoms with Crippen molar-refractivity contribution >= 4 is 16.1 Å². The van der Waals surface area contributed by atoms with Gasteiger partial charge in [0.25, 0.3) is 10.1 Å².